The lowest BCUT2D eigenvalue weighted by molar-refractivity contribution is -0.268. The summed E-state index contributed by atoms with van der Waals surface area (Å²) >= 11 is 3.22. The molecule has 0 spiro atoms. The molecule has 1 fully saturated rings. The second-order valence-corrected chi connectivity index (χ2v) is 11.2. The highest BCUT2D eigenvalue weighted by molar-refractivity contribution is 8.01. The van der Waals surface area contributed by atoms with Gasteiger partial charge in [0.2, 0.25) is 0 Å². The topological polar surface area (TPSA) is 103 Å². The maximum Gasteiger partial charge on any atom is 0.407 e. The molecule has 196 valence electrons. The molecule has 10 heteroatoms. The van der Waals surface area contributed by atoms with E-state index in [1.807, 2.05) is 55.5 Å². The summed E-state index contributed by atoms with van der Waals surface area (Å²) in [5, 5.41) is 21.4. The van der Waals surface area contributed by atoms with Crippen molar-refractivity contribution in [2.45, 2.75) is 49.8 Å². The van der Waals surface area contributed by atoms with Crippen molar-refractivity contribution in [3.63, 3.8) is 0 Å². The molecule has 2 aromatic carbocycles. The highest BCUT2D eigenvalue weighted by Crippen LogP contribution is 2.43. The van der Waals surface area contributed by atoms with Gasteiger partial charge < -0.3 is 24.6 Å². The monoisotopic (exact) mass is 541 g/mol. The van der Waals surface area contributed by atoms with Crippen LogP contribution >= 0.6 is 23.1 Å². The van der Waals surface area contributed by atoms with Crippen LogP contribution in [0.2, 0.25) is 0 Å². The molecular formula is C27H31N3O5S2. The number of carbonyl (C=O) groups is 1. The van der Waals surface area contributed by atoms with Gasteiger partial charge in [0.15, 0.2) is 10.6 Å². The zero-order valence-corrected chi connectivity index (χ0v) is 22.5. The lowest BCUT2D eigenvalue weighted by Gasteiger charge is -2.41. The van der Waals surface area contributed by atoms with E-state index in [4.69, 9.17) is 14.2 Å². The number of carbonyl (C=O) groups excluding carboxylic acids is 1. The first-order valence-corrected chi connectivity index (χ1v) is 13.8. The van der Waals surface area contributed by atoms with Crippen molar-refractivity contribution in [2.75, 3.05) is 12.4 Å². The first-order chi connectivity index (χ1) is 18.0. The average Bonchev–Trinajstić information content (AvgIpc) is 3.35. The number of alkyl carbamates (subject to hydrolysis) is 1. The van der Waals surface area contributed by atoms with Crippen LogP contribution in [0.1, 0.15) is 46.6 Å². The van der Waals surface area contributed by atoms with Crippen molar-refractivity contribution in [2.24, 2.45) is 5.92 Å². The van der Waals surface area contributed by atoms with Gasteiger partial charge in [-0.25, -0.2) is 4.79 Å². The zero-order chi connectivity index (χ0) is 26.2. The summed E-state index contributed by atoms with van der Waals surface area (Å²) in [7, 11) is 0. The number of hydrogen-bond donors (Lipinski definition) is 2. The molecule has 0 radical (unpaired) electrons. The molecule has 1 aliphatic rings. The fraction of sp³-hybridized carbons (Fsp3) is 0.370. The summed E-state index contributed by atoms with van der Waals surface area (Å²) in [5.41, 5.74) is 3.72. The average molecular weight is 542 g/mol. The van der Waals surface area contributed by atoms with Gasteiger partial charge >= 0.3 is 6.09 Å². The number of aromatic nitrogens is 2. The van der Waals surface area contributed by atoms with E-state index in [0.717, 1.165) is 37.4 Å². The molecule has 8 nitrogen and oxygen atoms in total. The zero-order valence-electron chi connectivity index (χ0n) is 20.8. The summed E-state index contributed by atoms with van der Waals surface area (Å²) in [5.74, 6) is 0.804. The number of nitrogens with one attached hydrogen (secondary N) is 1. The number of aryl methyl sites for hydroxylation is 1. The Labute approximate surface area is 225 Å². The lowest BCUT2D eigenvalue weighted by Crippen LogP contribution is -2.38. The number of amides is 1. The summed E-state index contributed by atoms with van der Waals surface area (Å²) in [6.07, 6.45) is 0.206. The molecule has 2 heterocycles. The van der Waals surface area contributed by atoms with Gasteiger partial charge in [-0.1, -0.05) is 91.2 Å². The van der Waals surface area contributed by atoms with Crippen LogP contribution in [0, 0.1) is 12.8 Å². The molecule has 0 aliphatic carbocycles. The fourth-order valence-corrected chi connectivity index (χ4v) is 5.96. The third-order valence-electron chi connectivity index (χ3n) is 6.02. The molecule has 0 bridgehead atoms. The van der Waals surface area contributed by atoms with Crippen LogP contribution in [0.15, 0.2) is 65.5 Å². The normalized spacial score (nSPS) is 21.4. The first-order valence-electron chi connectivity index (χ1n) is 12.0. The predicted octanol–water partition coefficient (Wildman–Crippen LogP) is 5.33. The number of nitrogens with zero attached hydrogens (tertiary/aromatic N) is 2. The molecule has 1 amide bonds. The van der Waals surface area contributed by atoms with E-state index >= 15 is 0 Å². The number of hydrogen-bond acceptors (Lipinski definition) is 9. The molecule has 1 aliphatic heterocycles. The molecule has 3 aromatic rings. The van der Waals surface area contributed by atoms with E-state index in [1.54, 1.807) is 23.1 Å². The standard InChI is InChI=1S/C27H31N3O5S2/c1-4-13-33-26(32)28-14-19-5-11-22(12-6-19)25-34-23(16-36-27-30-29-18(3)37-27)17(2)24(35-25)21-9-7-20(15-31)8-10-21/h4-12,17,23-25,31H,1,13-16H2,2-3H3,(H,28,32)/t17-,23+,24+,25+/m1/s1. The largest absolute Gasteiger partial charge is 0.445 e. The minimum absolute atomic E-state index is 0.000802. The maximum absolute atomic E-state index is 11.7. The van der Waals surface area contributed by atoms with Crippen molar-refractivity contribution in [3.8, 4) is 0 Å². The predicted molar refractivity (Wildman–Crippen MR) is 143 cm³/mol. The molecule has 37 heavy (non-hydrogen) atoms. The molecule has 1 saturated heterocycles. The quantitative estimate of drug-likeness (QED) is 0.262. The first kappa shape index (κ1) is 27.3. The minimum Gasteiger partial charge on any atom is -0.445 e. The second-order valence-electron chi connectivity index (χ2n) is 8.70. The van der Waals surface area contributed by atoms with Crippen LogP contribution in [0.4, 0.5) is 4.79 Å². The van der Waals surface area contributed by atoms with Crippen LogP contribution in [0.3, 0.4) is 0 Å². The van der Waals surface area contributed by atoms with Gasteiger partial charge in [-0.3, -0.25) is 0 Å². The number of aliphatic hydroxyl groups is 1. The van der Waals surface area contributed by atoms with Crippen LogP contribution in [0.25, 0.3) is 0 Å². The Balaban J connectivity index is 1.48. The minimum atomic E-state index is -0.556. The molecule has 2 N–H and O–H groups in total. The molecule has 0 saturated carbocycles. The van der Waals surface area contributed by atoms with Crippen molar-refractivity contribution in [1.82, 2.24) is 15.5 Å². The fourth-order valence-electron chi connectivity index (χ4n) is 3.95. The van der Waals surface area contributed by atoms with Crippen molar-refractivity contribution < 1.29 is 24.1 Å². The highest BCUT2D eigenvalue weighted by atomic mass is 32.2. The van der Waals surface area contributed by atoms with Crippen LogP contribution in [-0.2, 0) is 27.4 Å². The van der Waals surface area contributed by atoms with E-state index in [2.05, 4.69) is 29.0 Å². The van der Waals surface area contributed by atoms with Gasteiger partial charge in [0.25, 0.3) is 0 Å². The Morgan fingerprint density at radius 3 is 2.49 bits per heavy atom. The summed E-state index contributed by atoms with van der Waals surface area (Å²) < 4.78 is 18.8. The lowest BCUT2D eigenvalue weighted by atomic mass is 9.91. The number of aliphatic hydroxyl groups excluding tert-OH is 1. The Hall–Kier alpha value is -2.76. The van der Waals surface area contributed by atoms with Crippen LogP contribution in [-0.4, -0.2) is 39.9 Å². The Bertz CT molecular complexity index is 1170. The van der Waals surface area contributed by atoms with E-state index in [1.165, 1.54) is 6.08 Å². The van der Waals surface area contributed by atoms with Crippen molar-refractivity contribution in [1.29, 1.82) is 0 Å². The SMILES string of the molecule is C=CCOC(=O)NCc1ccc([C@H]2O[C@@H](CSc3nnc(C)s3)[C@@H](C)[C@@H](c3ccc(CO)cc3)O2)cc1. The third kappa shape index (κ3) is 7.39. The molecule has 0 unspecified atom stereocenters. The third-order valence-corrected chi connectivity index (χ3v) is 8.08. The van der Waals surface area contributed by atoms with E-state index in [0.29, 0.717) is 6.54 Å². The van der Waals surface area contributed by atoms with Gasteiger partial charge in [0.1, 0.15) is 11.6 Å². The maximum atomic E-state index is 11.7. The van der Waals surface area contributed by atoms with E-state index in [-0.39, 0.29) is 31.3 Å². The Morgan fingerprint density at radius 2 is 1.84 bits per heavy atom. The van der Waals surface area contributed by atoms with Crippen LogP contribution < -0.4 is 5.32 Å². The summed E-state index contributed by atoms with van der Waals surface area (Å²) in [6.45, 7) is 8.13. The van der Waals surface area contributed by atoms with Crippen molar-refractivity contribution >= 4 is 29.2 Å². The molecule has 1 aromatic heterocycles. The highest BCUT2D eigenvalue weighted by Gasteiger charge is 2.38. The van der Waals surface area contributed by atoms with E-state index < -0.39 is 12.4 Å². The Kier molecular flexibility index (Phi) is 9.70. The number of thioether (sulfide) groups is 1. The number of rotatable bonds is 10. The van der Waals surface area contributed by atoms with Gasteiger partial charge in [0, 0.05) is 23.8 Å². The number of benzene rings is 2. The smallest absolute Gasteiger partial charge is 0.407 e. The van der Waals surface area contributed by atoms with E-state index in [9.17, 15) is 9.90 Å². The Morgan fingerprint density at radius 1 is 1.14 bits per heavy atom. The second kappa shape index (κ2) is 13.2. The van der Waals surface area contributed by atoms with Gasteiger partial charge in [0.05, 0.1) is 18.8 Å². The summed E-state index contributed by atoms with van der Waals surface area (Å²) in [6, 6.07) is 15.6. The van der Waals surface area contributed by atoms with Gasteiger partial charge in [-0.2, -0.15) is 0 Å². The van der Waals surface area contributed by atoms with Crippen LogP contribution in [0.5, 0.6) is 0 Å². The van der Waals surface area contributed by atoms with Gasteiger partial charge in [-0.05, 0) is 23.6 Å². The number of ether oxygens (including phenoxy) is 3. The molecule has 4 rings (SSSR count). The molecular weight excluding hydrogens is 510 g/mol. The summed E-state index contributed by atoms with van der Waals surface area (Å²) in [4.78, 5) is 11.7. The van der Waals surface area contributed by atoms with Crippen molar-refractivity contribution in [3.05, 3.63) is 88.4 Å². The molecule has 4 atom stereocenters. The van der Waals surface area contributed by atoms with Gasteiger partial charge in [-0.15, -0.1) is 10.2 Å².